The van der Waals surface area contributed by atoms with Crippen LogP contribution in [0.25, 0.3) is 0 Å². The summed E-state index contributed by atoms with van der Waals surface area (Å²) in [6.07, 6.45) is 8.62. The third kappa shape index (κ3) is 4.05. The zero-order valence-electron chi connectivity index (χ0n) is 15.7. The number of hydrogen-bond donors (Lipinski definition) is 2. The van der Waals surface area contributed by atoms with Crippen LogP contribution in [0, 0.1) is 5.92 Å². The highest BCUT2D eigenvalue weighted by Crippen LogP contribution is 2.33. The van der Waals surface area contributed by atoms with Crippen LogP contribution in [-0.4, -0.2) is 43.8 Å². The number of benzene rings is 1. The number of nitrogens with one attached hydrogen (secondary N) is 2. The summed E-state index contributed by atoms with van der Waals surface area (Å²) < 4.78 is 27.3. The van der Waals surface area contributed by atoms with E-state index < -0.39 is 10.0 Å². The van der Waals surface area contributed by atoms with Crippen molar-refractivity contribution in [1.29, 1.82) is 0 Å². The van der Waals surface area contributed by atoms with Gasteiger partial charge in [-0.25, -0.2) is 8.42 Å². The van der Waals surface area contributed by atoms with E-state index in [-0.39, 0.29) is 16.8 Å². The molecule has 3 fully saturated rings. The lowest BCUT2D eigenvalue weighted by Crippen LogP contribution is -2.40. The number of rotatable bonds is 4. The van der Waals surface area contributed by atoms with Gasteiger partial charge in [-0.3, -0.25) is 4.79 Å². The van der Waals surface area contributed by atoms with Crippen LogP contribution in [0.2, 0.25) is 0 Å². The topological polar surface area (TPSA) is 78.5 Å². The lowest BCUT2D eigenvalue weighted by molar-refractivity contribution is -0.117. The van der Waals surface area contributed by atoms with Crippen LogP contribution >= 0.6 is 0 Å². The monoisotopic (exact) mass is 391 g/mol. The Morgan fingerprint density at radius 1 is 1.07 bits per heavy atom. The largest absolute Gasteiger partial charge is 0.325 e. The molecule has 2 aliphatic heterocycles. The molecule has 6 nitrogen and oxygen atoms in total. The normalized spacial score (nSPS) is 29.3. The highest BCUT2D eigenvalue weighted by atomic mass is 32.2. The van der Waals surface area contributed by atoms with Gasteiger partial charge in [-0.1, -0.05) is 25.3 Å². The van der Waals surface area contributed by atoms with E-state index >= 15 is 0 Å². The van der Waals surface area contributed by atoms with Gasteiger partial charge in [0.2, 0.25) is 15.9 Å². The first-order valence-corrected chi connectivity index (χ1v) is 11.7. The highest BCUT2D eigenvalue weighted by molar-refractivity contribution is 7.89. The van der Waals surface area contributed by atoms with Crippen LogP contribution in [0.3, 0.4) is 0 Å². The Balaban J connectivity index is 1.44. The second-order valence-electron chi connectivity index (χ2n) is 8.09. The Bertz CT molecular complexity index is 775. The Hall–Kier alpha value is -1.44. The Kier molecular flexibility index (Phi) is 5.53. The average molecular weight is 392 g/mol. The molecule has 1 aromatic rings. The molecule has 2 N–H and O–H groups in total. The van der Waals surface area contributed by atoms with E-state index in [1.807, 2.05) is 0 Å². The van der Waals surface area contributed by atoms with E-state index in [0.29, 0.717) is 30.7 Å². The van der Waals surface area contributed by atoms with Gasteiger partial charge in [-0.05, 0) is 56.2 Å². The van der Waals surface area contributed by atoms with Crippen molar-refractivity contribution >= 4 is 21.6 Å². The van der Waals surface area contributed by atoms with Crippen LogP contribution in [0.4, 0.5) is 5.69 Å². The number of anilines is 1. The van der Waals surface area contributed by atoms with Crippen molar-refractivity contribution in [2.24, 2.45) is 5.92 Å². The molecular weight excluding hydrogens is 362 g/mol. The number of nitrogens with zero attached hydrogens (tertiary/aromatic N) is 1. The fourth-order valence-electron chi connectivity index (χ4n) is 4.74. The van der Waals surface area contributed by atoms with Gasteiger partial charge in [0.05, 0.1) is 10.9 Å². The molecule has 4 rings (SSSR count). The number of hydrogen-bond acceptors (Lipinski definition) is 4. The molecule has 0 radical (unpaired) electrons. The minimum atomic E-state index is -3.49. The molecule has 1 amide bonds. The van der Waals surface area contributed by atoms with Crippen molar-refractivity contribution in [2.75, 3.05) is 18.4 Å². The highest BCUT2D eigenvalue weighted by Gasteiger charge is 2.38. The molecule has 7 heteroatoms. The Morgan fingerprint density at radius 3 is 2.63 bits per heavy atom. The zero-order chi connectivity index (χ0) is 18.9. The first kappa shape index (κ1) is 18.9. The molecule has 0 aromatic heterocycles. The molecule has 0 bridgehead atoms. The first-order chi connectivity index (χ1) is 13.0. The van der Waals surface area contributed by atoms with Gasteiger partial charge in [0.25, 0.3) is 0 Å². The van der Waals surface area contributed by atoms with Gasteiger partial charge < -0.3 is 10.6 Å². The van der Waals surface area contributed by atoms with Crippen molar-refractivity contribution in [2.45, 2.75) is 68.3 Å². The third-order valence-electron chi connectivity index (χ3n) is 6.23. The van der Waals surface area contributed by atoms with Gasteiger partial charge in [0.1, 0.15) is 0 Å². The number of carbonyl (C=O) groups excluding carboxylic acids is 1. The molecule has 0 spiro atoms. The second kappa shape index (κ2) is 7.89. The number of piperidine rings is 1. The van der Waals surface area contributed by atoms with E-state index in [1.54, 1.807) is 28.6 Å². The molecule has 27 heavy (non-hydrogen) atoms. The molecule has 3 unspecified atom stereocenters. The molecule has 1 aliphatic carbocycles. The van der Waals surface area contributed by atoms with Crippen molar-refractivity contribution in [3.63, 3.8) is 0 Å². The minimum absolute atomic E-state index is 0.0584. The lowest BCUT2D eigenvalue weighted by Gasteiger charge is -2.26. The number of amides is 1. The Labute approximate surface area is 161 Å². The summed E-state index contributed by atoms with van der Waals surface area (Å²) in [5.41, 5.74) is 0.551. The molecule has 3 aliphatic rings. The summed E-state index contributed by atoms with van der Waals surface area (Å²) in [6, 6.07) is 6.94. The molecule has 1 saturated carbocycles. The minimum Gasteiger partial charge on any atom is -0.325 e. The maximum atomic E-state index is 12.9. The predicted octanol–water partition coefficient (Wildman–Crippen LogP) is 2.72. The predicted molar refractivity (Wildman–Crippen MR) is 105 cm³/mol. The second-order valence-corrected chi connectivity index (χ2v) is 10.0. The van der Waals surface area contributed by atoms with Gasteiger partial charge in [-0.2, -0.15) is 4.31 Å². The third-order valence-corrected chi connectivity index (χ3v) is 8.13. The van der Waals surface area contributed by atoms with Gasteiger partial charge in [0, 0.05) is 24.8 Å². The summed E-state index contributed by atoms with van der Waals surface area (Å²) in [5, 5.41) is 6.40. The average Bonchev–Trinajstić information content (AvgIpc) is 3.13. The van der Waals surface area contributed by atoms with Crippen LogP contribution in [0.15, 0.2) is 29.2 Å². The van der Waals surface area contributed by atoms with Gasteiger partial charge >= 0.3 is 0 Å². The van der Waals surface area contributed by atoms with E-state index in [0.717, 1.165) is 32.1 Å². The maximum Gasteiger partial charge on any atom is 0.243 e. The fraction of sp³-hybridized carbons (Fsp3) is 0.650. The standard InChI is InChI=1S/C20H29N3O3S/c24-20(19-13-15-7-2-3-10-18(15)22-19)21-16-8-6-9-17(14-16)27(25,26)23-11-4-1-5-12-23/h6,8-9,14-15,18-19,22H,1-5,7,10-13H2,(H,21,24). The maximum absolute atomic E-state index is 12.9. The van der Waals surface area contributed by atoms with Crippen LogP contribution < -0.4 is 10.6 Å². The van der Waals surface area contributed by atoms with Gasteiger partial charge in [0.15, 0.2) is 0 Å². The SMILES string of the molecule is O=C(Nc1cccc(S(=O)(=O)N2CCCCC2)c1)C1CC2CCCCC2N1. The van der Waals surface area contributed by atoms with E-state index in [2.05, 4.69) is 10.6 Å². The number of carbonyl (C=O) groups is 1. The molecule has 3 atom stereocenters. The van der Waals surface area contributed by atoms with Crippen molar-refractivity contribution in [3.05, 3.63) is 24.3 Å². The zero-order valence-corrected chi connectivity index (χ0v) is 16.5. The van der Waals surface area contributed by atoms with Crippen LogP contribution in [-0.2, 0) is 14.8 Å². The summed E-state index contributed by atoms with van der Waals surface area (Å²) in [4.78, 5) is 12.9. The summed E-state index contributed by atoms with van der Waals surface area (Å²) in [5.74, 6) is 0.539. The van der Waals surface area contributed by atoms with Crippen molar-refractivity contribution in [3.8, 4) is 0 Å². The van der Waals surface area contributed by atoms with Crippen molar-refractivity contribution in [1.82, 2.24) is 9.62 Å². The summed E-state index contributed by atoms with van der Waals surface area (Å²) in [6.45, 7) is 1.15. The van der Waals surface area contributed by atoms with Crippen LogP contribution in [0.5, 0.6) is 0 Å². The molecule has 2 saturated heterocycles. The van der Waals surface area contributed by atoms with E-state index in [1.165, 1.54) is 19.3 Å². The van der Waals surface area contributed by atoms with E-state index in [4.69, 9.17) is 0 Å². The van der Waals surface area contributed by atoms with Crippen molar-refractivity contribution < 1.29 is 13.2 Å². The molecular formula is C20H29N3O3S. The Morgan fingerprint density at radius 2 is 1.85 bits per heavy atom. The number of fused-ring (bicyclic) bond motifs is 1. The first-order valence-electron chi connectivity index (χ1n) is 10.2. The lowest BCUT2D eigenvalue weighted by atomic mass is 9.85. The number of sulfonamides is 1. The fourth-order valence-corrected chi connectivity index (χ4v) is 6.30. The van der Waals surface area contributed by atoms with Crippen LogP contribution in [0.1, 0.15) is 51.4 Å². The van der Waals surface area contributed by atoms with E-state index in [9.17, 15) is 13.2 Å². The summed E-state index contributed by atoms with van der Waals surface area (Å²) in [7, 11) is -3.49. The van der Waals surface area contributed by atoms with Gasteiger partial charge in [-0.15, -0.1) is 0 Å². The summed E-state index contributed by atoms with van der Waals surface area (Å²) >= 11 is 0. The molecule has 2 heterocycles. The molecule has 1 aromatic carbocycles. The smallest absolute Gasteiger partial charge is 0.243 e. The molecule has 148 valence electrons. The quantitative estimate of drug-likeness (QED) is 0.827.